The topological polar surface area (TPSA) is 250 Å². The van der Waals surface area contributed by atoms with Crippen LogP contribution in [0.1, 0.15) is 142 Å². The quantitative estimate of drug-likeness (QED) is 0.0435. The predicted octanol–water partition coefficient (Wildman–Crippen LogP) is 13.0. The van der Waals surface area contributed by atoms with E-state index in [1.54, 1.807) is 30.5 Å². The number of halogens is 8. The second kappa shape index (κ2) is 34.6. The minimum atomic E-state index is -0.698. The molecule has 4 aromatic carbocycles. The number of benzene rings is 4. The number of amides is 4. The third kappa shape index (κ3) is 18.2. The SMILES string of the molecule is CCCC(=O)CC[C@H]1CN(c2cc(F)c(N3CC4CCC(C3)O4)c(F)c2)C(=O)O1.O=C(CC[C@H]1CN(c2cc(F)c(N3CC4CCC(C3)O4)c(F)c2)C(=O)O1)C1CC1.O=C(CC[C@H]1CN(c2cc(F)c(N3CC4CCC(C3)O4)c(F)c2)C(=O)O1)C1CCC1.O=C1O[C@@H](Cn2ccnn2)CN1c1cc(F)c(N2CC3CCC(C2)O3)c(F)c1. The van der Waals surface area contributed by atoms with Gasteiger partial charge in [-0.15, -0.1) is 5.10 Å². The van der Waals surface area contributed by atoms with Crippen molar-refractivity contribution in [1.29, 1.82) is 0 Å². The first-order chi connectivity index (χ1) is 56.0. The highest BCUT2D eigenvalue weighted by molar-refractivity contribution is 5.93. The molecular formula is C82H95F8N11O15. The fourth-order valence-electron chi connectivity index (χ4n) is 18.1. The van der Waals surface area contributed by atoms with Gasteiger partial charge < -0.3 is 57.5 Å². The van der Waals surface area contributed by atoms with Gasteiger partial charge in [-0.2, -0.15) is 0 Å². The Morgan fingerprint density at radius 3 is 0.897 bits per heavy atom. The highest BCUT2D eigenvalue weighted by atomic mass is 19.2. The monoisotopic (exact) mass is 1630 g/mol. The fraction of sp³-hybridized carbons (Fsp3) is 0.598. The first-order valence-corrected chi connectivity index (χ1v) is 40.9. The number of carbonyl (C=O) groups is 7. The zero-order valence-electron chi connectivity index (χ0n) is 64.5. The van der Waals surface area contributed by atoms with E-state index in [1.165, 1.54) is 74.3 Å². The maximum Gasteiger partial charge on any atom is 0.414 e. The van der Waals surface area contributed by atoms with Crippen molar-refractivity contribution in [3.63, 3.8) is 0 Å². The van der Waals surface area contributed by atoms with Crippen molar-refractivity contribution in [1.82, 2.24) is 15.0 Å². The first-order valence-electron chi connectivity index (χ1n) is 40.9. The summed E-state index contributed by atoms with van der Waals surface area (Å²) in [6.07, 6.45) is 14.8. The van der Waals surface area contributed by atoms with E-state index in [1.807, 2.05) is 6.92 Å². The predicted molar refractivity (Wildman–Crippen MR) is 404 cm³/mol. The van der Waals surface area contributed by atoms with Crippen molar-refractivity contribution in [3.05, 3.63) is 107 Å². The van der Waals surface area contributed by atoms with Gasteiger partial charge in [0, 0.05) is 145 Å². The Morgan fingerprint density at radius 1 is 0.362 bits per heavy atom. The van der Waals surface area contributed by atoms with Crippen LogP contribution in [-0.4, -0.2) is 209 Å². The van der Waals surface area contributed by atoms with Gasteiger partial charge in [-0.25, -0.2) is 59.0 Å². The maximum atomic E-state index is 14.9. The lowest BCUT2D eigenvalue weighted by Gasteiger charge is -2.34. The maximum absolute atomic E-state index is 14.9. The van der Waals surface area contributed by atoms with E-state index < -0.39 is 95.3 Å². The molecule has 116 heavy (non-hydrogen) atoms. The molecule has 2 saturated carbocycles. The fourth-order valence-corrected chi connectivity index (χ4v) is 18.1. The Balaban J connectivity index is 0.000000116. The van der Waals surface area contributed by atoms with E-state index in [4.69, 9.17) is 37.9 Å². The number of nitrogens with zero attached hydrogens (tertiary/aromatic N) is 11. The van der Waals surface area contributed by atoms with Crippen LogP contribution in [0.5, 0.6) is 0 Å². The molecule has 0 N–H and O–H groups in total. The van der Waals surface area contributed by atoms with Gasteiger partial charge in [-0.3, -0.25) is 34.0 Å². The Kier molecular flexibility index (Phi) is 24.0. The number of hydrogen-bond donors (Lipinski definition) is 0. The molecule has 26 nitrogen and oxygen atoms in total. The van der Waals surface area contributed by atoms with Crippen LogP contribution in [-0.2, 0) is 58.8 Å². The van der Waals surface area contributed by atoms with Crippen LogP contribution in [0.25, 0.3) is 0 Å². The summed E-state index contributed by atoms with van der Waals surface area (Å²) >= 11 is 0. The molecular weight excluding hydrogens is 1530 g/mol. The molecule has 12 saturated heterocycles. The summed E-state index contributed by atoms with van der Waals surface area (Å²) in [6, 6.07) is 9.51. The summed E-state index contributed by atoms with van der Waals surface area (Å²) < 4.78 is 165. The lowest BCUT2D eigenvalue weighted by molar-refractivity contribution is -0.125. The van der Waals surface area contributed by atoms with E-state index in [-0.39, 0.29) is 150 Å². The molecule has 0 radical (unpaired) electrons. The molecule has 14 aliphatic rings. The van der Waals surface area contributed by atoms with Crippen LogP contribution in [0.3, 0.4) is 0 Å². The summed E-state index contributed by atoms with van der Waals surface area (Å²) in [4.78, 5) is 96.3. The van der Waals surface area contributed by atoms with Gasteiger partial charge in [0.1, 0.15) is 64.5 Å². The van der Waals surface area contributed by atoms with E-state index >= 15 is 0 Å². The second-order valence-corrected chi connectivity index (χ2v) is 32.8. The summed E-state index contributed by atoms with van der Waals surface area (Å²) in [5.41, 5.74) is 0.304. The van der Waals surface area contributed by atoms with Gasteiger partial charge >= 0.3 is 24.4 Å². The number of Topliss-reactive ketones (excluding diaryl/α,β-unsaturated/α-hetero) is 3. The molecule has 2 aliphatic carbocycles. The van der Waals surface area contributed by atoms with Crippen molar-refractivity contribution < 1.29 is 107 Å². The molecule has 624 valence electrons. The van der Waals surface area contributed by atoms with E-state index in [0.29, 0.717) is 104 Å². The average molecular weight is 1630 g/mol. The van der Waals surface area contributed by atoms with Gasteiger partial charge in [0.25, 0.3) is 0 Å². The molecule has 8 bridgehead atoms. The van der Waals surface area contributed by atoms with Crippen LogP contribution in [0.4, 0.5) is 99.8 Å². The van der Waals surface area contributed by atoms with Crippen molar-refractivity contribution in [2.75, 3.05) is 118 Å². The third-order valence-corrected chi connectivity index (χ3v) is 24.3. The molecule has 4 amide bonds. The molecule has 12 atom stereocenters. The van der Waals surface area contributed by atoms with Gasteiger partial charge in [-0.1, -0.05) is 18.6 Å². The molecule has 0 spiro atoms. The third-order valence-electron chi connectivity index (χ3n) is 24.3. The Morgan fingerprint density at radius 2 is 0.638 bits per heavy atom. The average Bonchev–Trinajstić information content (AvgIpc) is 1.72. The smallest absolute Gasteiger partial charge is 0.414 e. The first kappa shape index (κ1) is 80.4. The van der Waals surface area contributed by atoms with Crippen LogP contribution in [0.15, 0.2) is 60.9 Å². The highest BCUT2D eigenvalue weighted by Crippen LogP contribution is 2.43. The zero-order valence-corrected chi connectivity index (χ0v) is 64.5. The van der Waals surface area contributed by atoms with Gasteiger partial charge in [0.15, 0.2) is 46.5 Å². The van der Waals surface area contributed by atoms with Crippen LogP contribution >= 0.6 is 0 Å². The van der Waals surface area contributed by atoms with E-state index in [0.717, 1.165) is 89.9 Å². The minimum absolute atomic E-state index is 0.0111. The van der Waals surface area contributed by atoms with E-state index in [2.05, 4.69) is 10.3 Å². The summed E-state index contributed by atoms with van der Waals surface area (Å²) in [7, 11) is 0. The highest BCUT2D eigenvalue weighted by Gasteiger charge is 2.45. The molecule has 13 heterocycles. The molecule has 34 heteroatoms. The normalized spacial score (nSPS) is 27.6. The Hall–Kier alpha value is -9.41. The lowest BCUT2D eigenvalue weighted by Crippen LogP contribution is -2.43. The zero-order chi connectivity index (χ0) is 80.7. The summed E-state index contributed by atoms with van der Waals surface area (Å²) in [5, 5.41) is 7.53. The number of cyclic esters (lactones) is 4. The molecule has 14 fully saturated rings. The number of ketones is 3. The van der Waals surface area contributed by atoms with Crippen LogP contribution < -0.4 is 39.2 Å². The van der Waals surface area contributed by atoms with Crippen molar-refractivity contribution in [2.24, 2.45) is 11.8 Å². The minimum Gasteiger partial charge on any atom is -0.444 e. The largest absolute Gasteiger partial charge is 0.444 e. The van der Waals surface area contributed by atoms with Crippen LogP contribution in [0.2, 0.25) is 0 Å². The molecule has 1 aromatic heterocycles. The number of hydrogen-bond acceptors (Lipinski definition) is 21. The second-order valence-electron chi connectivity index (χ2n) is 32.8. The summed E-state index contributed by atoms with van der Waals surface area (Å²) in [5.74, 6) is -4.66. The van der Waals surface area contributed by atoms with E-state index in [9.17, 15) is 68.7 Å². The molecule has 19 rings (SSSR count). The number of morpholine rings is 4. The van der Waals surface area contributed by atoms with Gasteiger partial charge in [0.05, 0.1) is 111 Å². The van der Waals surface area contributed by atoms with Gasteiger partial charge in [-0.05, 0) is 103 Å². The standard InChI is InChI=1S/C22H26F2N2O4.C21H24F2N2O4.C21H26F2N2O4.C18H19F2N5O3/c23-18-8-14(9-19(24)21(18)25-10-15-4-5-16(11-25)29-15)26-12-17(30-22(26)28)6-7-20(27)13-2-1-3-13;22-17-7-13(8-18(23)20(17)24-9-14-3-4-15(10-24)28-14)25-11-16(29-21(25)27)5-6-19(26)12-1-2-12;1-2-3-14(26)4-5-17-12-25(21(27)29-17)13-8-18(22)20(19(23)9-13)24-10-15-6-7-16(11-24)28-15;19-15-5-11(25-10-14(28-18(25)26)9-24-4-3-21-22-24)6-16(20)17(15)23-7-12-1-2-13(8-23)27-12/h8-9,13,15-17H,1-7,10-12H2;7-8,12,14-16H,1-6,9-11H2;8-9,15-17H,2-7,10-12H2,1H3;3-6,12-14H,1-2,7-10H2/t15?,16?,17-;14?,15?,16-;15?,16?,17-;12?,13?,14-/m0000/s1. The summed E-state index contributed by atoms with van der Waals surface area (Å²) in [6.45, 7) is 6.71. The van der Waals surface area contributed by atoms with Crippen LogP contribution in [0, 0.1) is 58.4 Å². The van der Waals surface area contributed by atoms with Crippen molar-refractivity contribution in [3.8, 4) is 0 Å². The lowest BCUT2D eigenvalue weighted by atomic mass is 9.80. The van der Waals surface area contributed by atoms with Crippen molar-refractivity contribution >= 4 is 87.2 Å². The Labute approximate surface area is 664 Å². The number of rotatable bonds is 23. The molecule has 8 unspecified atom stereocenters. The number of ether oxygens (including phenoxy) is 8. The number of carbonyl (C=O) groups excluding carboxylic acids is 7. The van der Waals surface area contributed by atoms with Gasteiger partial charge in [0.2, 0.25) is 0 Å². The number of aromatic nitrogens is 3. The number of anilines is 8. The molecule has 5 aromatic rings. The number of fused-ring (bicyclic) bond motifs is 8. The Bertz CT molecular complexity index is 4370. The molecule has 12 aliphatic heterocycles. The van der Waals surface area contributed by atoms with Crippen molar-refractivity contribution in [2.45, 2.75) is 222 Å².